The molecule has 150 valence electrons. The van der Waals surface area contributed by atoms with E-state index in [2.05, 4.69) is 0 Å². The number of carboxylic acids is 1. The van der Waals surface area contributed by atoms with Crippen molar-refractivity contribution >= 4 is 22.6 Å². The number of anilines is 1. The first kappa shape index (κ1) is 18.6. The van der Waals surface area contributed by atoms with Crippen LogP contribution in [0.5, 0.6) is 5.75 Å². The van der Waals surface area contributed by atoms with Crippen molar-refractivity contribution in [2.24, 2.45) is 5.73 Å². The quantitative estimate of drug-likeness (QED) is 0.804. The van der Waals surface area contributed by atoms with Crippen LogP contribution in [0.2, 0.25) is 0 Å². The zero-order valence-corrected chi connectivity index (χ0v) is 14.7. The van der Waals surface area contributed by atoms with Crippen molar-refractivity contribution in [2.75, 3.05) is 18.0 Å². The Bertz CT molecular complexity index is 1020. The van der Waals surface area contributed by atoms with E-state index in [4.69, 9.17) is 10.5 Å². The monoisotopic (exact) mass is 397 g/mol. The van der Waals surface area contributed by atoms with Crippen LogP contribution < -0.4 is 20.8 Å². The van der Waals surface area contributed by atoms with Crippen molar-refractivity contribution in [2.45, 2.75) is 38.0 Å². The Labute approximate surface area is 157 Å². The summed E-state index contributed by atoms with van der Waals surface area (Å²) in [4.78, 5) is 25.6. The molecule has 1 aliphatic heterocycles. The number of fused-ring (bicyclic) bond motifs is 1. The summed E-state index contributed by atoms with van der Waals surface area (Å²) in [5.74, 6) is -2.85. The molecule has 1 saturated heterocycles. The smallest absolute Gasteiger partial charge is 0.387 e. The number of carbonyl (C=O) groups is 1. The van der Waals surface area contributed by atoms with E-state index < -0.39 is 35.1 Å². The number of ether oxygens (including phenoxy) is 1. The SMILES string of the molecule is NC1CCN(c2c(F)cc3c(=O)c(C(=O)O)cn(C4CC4)c3c2OC(F)F)C1. The zero-order chi connectivity index (χ0) is 20.2. The Morgan fingerprint density at radius 2 is 2.04 bits per heavy atom. The Hall–Kier alpha value is -2.75. The maximum absolute atomic E-state index is 15.0. The van der Waals surface area contributed by atoms with Gasteiger partial charge in [-0.3, -0.25) is 4.79 Å². The van der Waals surface area contributed by atoms with Crippen LogP contribution in [0.4, 0.5) is 18.9 Å². The predicted molar refractivity (Wildman–Crippen MR) is 94.8 cm³/mol. The van der Waals surface area contributed by atoms with Crippen molar-refractivity contribution in [3.8, 4) is 5.75 Å². The molecule has 0 spiro atoms. The van der Waals surface area contributed by atoms with Gasteiger partial charge in [-0.2, -0.15) is 8.78 Å². The molecule has 4 rings (SSSR count). The zero-order valence-electron chi connectivity index (χ0n) is 14.7. The average molecular weight is 397 g/mol. The standard InChI is InChI=1S/C18H18F3N3O4/c19-12-5-10-13(24(9-1-2-9)7-11(15(10)25)17(26)27)16(28-18(20)21)14(12)23-4-3-8(22)6-23/h5,7-9,18H,1-4,6,22H2,(H,26,27). The number of nitrogens with zero attached hydrogens (tertiary/aromatic N) is 2. The largest absolute Gasteiger partial charge is 0.477 e. The van der Waals surface area contributed by atoms with Crippen LogP contribution >= 0.6 is 0 Å². The van der Waals surface area contributed by atoms with Gasteiger partial charge in [0.05, 0.1) is 10.9 Å². The molecule has 0 amide bonds. The minimum atomic E-state index is -3.25. The average Bonchev–Trinajstić information content (AvgIpc) is 3.36. The number of nitrogens with two attached hydrogens (primary N) is 1. The van der Waals surface area contributed by atoms with Crippen LogP contribution in [0, 0.1) is 5.82 Å². The first-order chi connectivity index (χ1) is 13.3. The summed E-state index contributed by atoms with van der Waals surface area (Å²) in [5.41, 5.74) is 4.18. The number of alkyl halides is 2. The van der Waals surface area contributed by atoms with Crippen molar-refractivity contribution in [1.29, 1.82) is 0 Å². The number of halogens is 3. The summed E-state index contributed by atoms with van der Waals surface area (Å²) >= 11 is 0. The number of aromatic nitrogens is 1. The van der Waals surface area contributed by atoms with E-state index in [-0.39, 0.29) is 35.2 Å². The minimum Gasteiger partial charge on any atom is -0.477 e. The lowest BCUT2D eigenvalue weighted by Crippen LogP contribution is -2.28. The van der Waals surface area contributed by atoms with E-state index in [9.17, 15) is 27.9 Å². The summed E-state index contributed by atoms with van der Waals surface area (Å²) in [5, 5.41) is 9.01. The molecule has 1 atom stereocenters. The van der Waals surface area contributed by atoms with Gasteiger partial charge < -0.3 is 25.0 Å². The third-order valence-corrected chi connectivity index (χ3v) is 5.12. The molecule has 28 heavy (non-hydrogen) atoms. The van der Waals surface area contributed by atoms with E-state index in [1.54, 1.807) is 0 Å². The lowest BCUT2D eigenvalue weighted by Gasteiger charge is -2.25. The molecule has 7 nitrogen and oxygen atoms in total. The van der Waals surface area contributed by atoms with Crippen molar-refractivity contribution in [1.82, 2.24) is 4.57 Å². The number of aromatic carboxylic acids is 1. The Morgan fingerprint density at radius 1 is 1.32 bits per heavy atom. The lowest BCUT2D eigenvalue weighted by molar-refractivity contribution is -0.0488. The molecule has 1 aromatic carbocycles. The summed E-state index contributed by atoms with van der Waals surface area (Å²) < 4.78 is 47.5. The van der Waals surface area contributed by atoms with Gasteiger partial charge in [0.25, 0.3) is 0 Å². The molecule has 0 radical (unpaired) electrons. The minimum absolute atomic E-state index is 0.0188. The van der Waals surface area contributed by atoms with E-state index in [0.29, 0.717) is 25.8 Å². The Kier molecular flexibility index (Phi) is 4.45. The fraction of sp³-hybridized carbons (Fsp3) is 0.444. The maximum Gasteiger partial charge on any atom is 0.387 e. The number of hydrogen-bond donors (Lipinski definition) is 2. The fourth-order valence-corrected chi connectivity index (χ4v) is 3.72. The van der Waals surface area contributed by atoms with Gasteiger partial charge >= 0.3 is 12.6 Å². The van der Waals surface area contributed by atoms with Gasteiger partial charge in [0.1, 0.15) is 11.3 Å². The van der Waals surface area contributed by atoms with Gasteiger partial charge in [0.15, 0.2) is 11.6 Å². The molecule has 2 fully saturated rings. The molecule has 2 aromatic rings. The third-order valence-electron chi connectivity index (χ3n) is 5.12. The molecule has 1 aliphatic carbocycles. The van der Waals surface area contributed by atoms with Crippen LogP contribution in [0.1, 0.15) is 35.7 Å². The molecular formula is C18H18F3N3O4. The highest BCUT2D eigenvalue weighted by molar-refractivity contribution is 5.97. The van der Waals surface area contributed by atoms with Gasteiger partial charge in [-0.15, -0.1) is 0 Å². The molecule has 1 unspecified atom stereocenters. The van der Waals surface area contributed by atoms with Gasteiger partial charge in [-0.1, -0.05) is 0 Å². The molecule has 3 N–H and O–H groups in total. The predicted octanol–water partition coefficient (Wildman–Crippen LogP) is 2.31. The second-order valence-corrected chi connectivity index (χ2v) is 7.12. The van der Waals surface area contributed by atoms with Crippen LogP contribution in [0.15, 0.2) is 17.1 Å². The van der Waals surface area contributed by atoms with Crippen molar-refractivity contribution in [3.05, 3.63) is 33.9 Å². The Balaban J connectivity index is 2.07. The van der Waals surface area contributed by atoms with Gasteiger partial charge in [0.2, 0.25) is 5.43 Å². The number of rotatable bonds is 5. The van der Waals surface area contributed by atoms with E-state index in [1.807, 2.05) is 0 Å². The van der Waals surface area contributed by atoms with Crippen molar-refractivity contribution in [3.63, 3.8) is 0 Å². The summed E-state index contributed by atoms with van der Waals surface area (Å²) in [6.07, 6.45) is 3.05. The van der Waals surface area contributed by atoms with Gasteiger partial charge in [-0.25, -0.2) is 9.18 Å². The molecule has 2 heterocycles. The summed E-state index contributed by atoms with van der Waals surface area (Å²) in [6.45, 7) is -2.64. The first-order valence-electron chi connectivity index (χ1n) is 8.88. The number of benzene rings is 1. The van der Waals surface area contributed by atoms with E-state index >= 15 is 0 Å². The Morgan fingerprint density at radius 3 is 2.57 bits per heavy atom. The molecule has 2 aliphatic rings. The lowest BCUT2D eigenvalue weighted by atomic mass is 10.1. The van der Waals surface area contributed by atoms with Gasteiger partial charge in [0, 0.05) is 31.4 Å². The summed E-state index contributed by atoms with van der Waals surface area (Å²) in [6, 6.07) is 0.496. The normalized spacial score (nSPS) is 19.6. The first-order valence-corrected chi connectivity index (χ1v) is 8.88. The number of hydrogen-bond acceptors (Lipinski definition) is 5. The highest BCUT2D eigenvalue weighted by atomic mass is 19.3. The molecule has 1 aromatic heterocycles. The highest BCUT2D eigenvalue weighted by Crippen LogP contribution is 2.44. The molecule has 1 saturated carbocycles. The van der Waals surface area contributed by atoms with Crippen LogP contribution in [0.3, 0.4) is 0 Å². The number of carboxylic acid groups (broad SMARTS) is 1. The van der Waals surface area contributed by atoms with Crippen LogP contribution in [-0.2, 0) is 0 Å². The third kappa shape index (κ3) is 3.07. The van der Waals surface area contributed by atoms with Gasteiger partial charge in [-0.05, 0) is 25.3 Å². The fourth-order valence-electron chi connectivity index (χ4n) is 3.72. The maximum atomic E-state index is 15.0. The van der Waals surface area contributed by atoms with Crippen LogP contribution in [0.25, 0.3) is 10.9 Å². The highest BCUT2D eigenvalue weighted by Gasteiger charge is 2.33. The van der Waals surface area contributed by atoms with E-state index in [1.165, 1.54) is 9.47 Å². The molecule has 0 bridgehead atoms. The second-order valence-electron chi connectivity index (χ2n) is 7.12. The summed E-state index contributed by atoms with van der Waals surface area (Å²) in [7, 11) is 0. The number of pyridine rings is 1. The second kappa shape index (κ2) is 6.69. The van der Waals surface area contributed by atoms with Crippen LogP contribution in [-0.4, -0.2) is 41.4 Å². The molecule has 10 heteroatoms. The van der Waals surface area contributed by atoms with E-state index in [0.717, 1.165) is 12.3 Å². The van der Waals surface area contributed by atoms with Crippen molar-refractivity contribution < 1.29 is 27.8 Å². The molecular weight excluding hydrogens is 379 g/mol. The topological polar surface area (TPSA) is 97.8 Å².